The van der Waals surface area contributed by atoms with Gasteiger partial charge in [-0.05, 0) is 49.3 Å². The van der Waals surface area contributed by atoms with E-state index in [0.29, 0.717) is 11.8 Å². The van der Waals surface area contributed by atoms with Crippen molar-refractivity contribution in [3.63, 3.8) is 0 Å². The summed E-state index contributed by atoms with van der Waals surface area (Å²) >= 11 is 0. The SMILES string of the molecule is COc1cccc(CN2CCOC3(CCN(C(=O)CC4CC4)CC3)C2)c1. The normalized spacial score (nSPS) is 23.2. The molecule has 0 aromatic heterocycles. The lowest BCUT2D eigenvalue weighted by molar-refractivity contribution is -0.151. The van der Waals surface area contributed by atoms with Gasteiger partial charge in [-0.25, -0.2) is 0 Å². The Bertz CT molecular complexity index is 636. The van der Waals surface area contributed by atoms with Crippen LogP contribution >= 0.6 is 0 Å². The molecule has 1 amide bonds. The van der Waals surface area contributed by atoms with E-state index in [-0.39, 0.29) is 5.60 Å². The number of carbonyl (C=O) groups excluding carboxylic acids is 1. The van der Waals surface area contributed by atoms with E-state index in [0.717, 1.165) is 64.3 Å². The van der Waals surface area contributed by atoms with Crippen LogP contribution in [0.1, 0.15) is 37.7 Å². The number of likely N-dealkylation sites (tertiary alicyclic amines) is 1. The van der Waals surface area contributed by atoms with Gasteiger partial charge in [-0.2, -0.15) is 0 Å². The van der Waals surface area contributed by atoms with Gasteiger partial charge < -0.3 is 14.4 Å². The second-order valence-electron chi connectivity index (χ2n) is 8.12. The van der Waals surface area contributed by atoms with Crippen LogP contribution in [0.4, 0.5) is 0 Å². The molecule has 3 aliphatic rings. The third-order valence-electron chi connectivity index (χ3n) is 6.06. The van der Waals surface area contributed by atoms with Crippen LogP contribution in [0.2, 0.25) is 0 Å². The van der Waals surface area contributed by atoms with E-state index in [1.807, 2.05) is 12.1 Å². The van der Waals surface area contributed by atoms with Gasteiger partial charge in [-0.3, -0.25) is 9.69 Å². The Morgan fingerprint density at radius 3 is 2.81 bits per heavy atom. The summed E-state index contributed by atoms with van der Waals surface area (Å²) in [6.07, 6.45) is 5.16. The van der Waals surface area contributed by atoms with E-state index < -0.39 is 0 Å². The number of amides is 1. The minimum atomic E-state index is -0.0759. The van der Waals surface area contributed by atoms with Crippen molar-refractivity contribution >= 4 is 5.91 Å². The topological polar surface area (TPSA) is 42.0 Å². The zero-order chi connectivity index (χ0) is 18.0. The molecule has 1 spiro atoms. The highest BCUT2D eigenvalue weighted by atomic mass is 16.5. The van der Waals surface area contributed by atoms with Crippen molar-refractivity contribution in [2.45, 2.75) is 44.2 Å². The Kier molecular flexibility index (Phi) is 5.18. The third kappa shape index (κ3) is 4.21. The van der Waals surface area contributed by atoms with E-state index in [9.17, 15) is 4.79 Å². The van der Waals surface area contributed by atoms with Gasteiger partial charge in [0.15, 0.2) is 0 Å². The lowest BCUT2D eigenvalue weighted by Crippen LogP contribution is -2.57. The largest absolute Gasteiger partial charge is 0.497 e. The molecular weight excluding hydrogens is 328 g/mol. The number of rotatable bonds is 5. The van der Waals surface area contributed by atoms with Gasteiger partial charge in [0.25, 0.3) is 0 Å². The highest BCUT2D eigenvalue weighted by Crippen LogP contribution is 2.35. The van der Waals surface area contributed by atoms with E-state index in [1.165, 1.54) is 18.4 Å². The number of hydrogen-bond acceptors (Lipinski definition) is 4. The molecule has 142 valence electrons. The molecule has 1 saturated carbocycles. The van der Waals surface area contributed by atoms with Crippen molar-refractivity contribution in [3.05, 3.63) is 29.8 Å². The average molecular weight is 358 g/mol. The lowest BCUT2D eigenvalue weighted by atomic mass is 9.89. The van der Waals surface area contributed by atoms with Crippen LogP contribution in [-0.4, -0.2) is 61.2 Å². The lowest BCUT2D eigenvalue weighted by Gasteiger charge is -2.47. The predicted octanol–water partition coefficient (Wildman–Crippen LogP) is 2.69. The highest BCUT2D eigenvalue weighted by Gasteiger charge is 2.41. The molecule has 1 aliphatic carbocycles. The van der Waals surface area contributed by atoms with Gasteiger partial charge >= 0.3 is 0 Å². The minimum Gasteiger partial charge on any atom is -0.497 e. The fourth-order valence-electron chi connectivity index (χ4n) is 4.25. The Balaban J connectivity index is 1.32. The van der Waals surface area contributed by atoms with Crippen molar-refractivity contribution in [1.29, 1.82) is 0 Å². The Morgan fingerprint density at radius 2 is 2.08 bits per heavy atom. The summed E-state index contributed by atoms with van der Waals surface area (Å²) in [6, 6.07) is 8.30. The summed E-state index contributed by atoms with van der Waals surface area (Å²) in [5.74, 6) is 1.93. The van der Waals surface area contributed by atoms with Crippen molar-refractivity contribution in [2.24, 2.45) is 5.92 Å². The highest BCUT2D eigenvalue weighted by molar-refractivity contribution is 5.76. The molecule has 5 nitrogen and oxygen atoms in total. The van der Waals surface area contributed by atoms with Crippen LogP contribution in [0.5, 0.6) is 5.75 Å². The van der Waals surface area contributed by atoms with Gasteiger partial charge in [0.05, 0.1) is 19.3 Å². The number of morpholine rings is 1. The quantitative estimate of drug-likeness (QED) is 0.812. The van der Waals surface area contributed by atoms with E-state index in [1.54, 1.807) is 7.11 Å². The second kappa shape index (κ2) is 7.57. The number of carbonyl (C=O) groups is 1. The van der Waals surface area contributed by atoms with E-state index in [4.69, 9.17) is 9.47 Å². The minimum absolute atomic E-state index is 0.0759. The number of nitrogens with zero attached hydrogens (tertiary/aromatic N) is 2. The van der Waals surface area contributed by atoms with Crippen molar-refractivity contribution in [1.82, 2.24) is 9.80 Å². The summed E-state index contributed by atoms with van der Waals surface area (Å²) in [6.45, 7) is 5.31. The van der Waals surface area contributed by atoms with E-state index >= 15 is 0 Å². The molecule has 4 rings (SSSR count). The molecule has 1 aromatic rings. The monoisotopic (exact) mass is 358 g/mol. The molecule has 5 heteroatoms. The molecule has 3 fully saturated rings. The van der Waals surface area contributed by atoms with Crippen molar-refractivity contribution in [3.8, 4) is 5.75 Å². The molecule has 0 atom stereocenters. The molecular formula is C21H30N2O3. The summed E-state index contributed by atoms with van der Waals surface area (Å²) in [4.78, 5) is 16.9. The number of piperidine rings is 1. The molecule has 0 bridgehead atoms. The van der Waals surface area contributed by atoms with Crippen LogP contribution in [0.15, 0.2) is 24.3 Å². The summed E-state index contributed by atoms with van der Waals surface area (Å²) < 4.78 is 11.6. The maximum Gasteiger partial charge on any atom is 0.222 e. The van der Waals surface area contributed by atoms with Crippen LogP contribution < -0.4 is 4.74 Å². The standard InChI is InChI=1S/C21H30N2O3/c1-25-19-4-2-3-18(13-19)15-22-11-12-26-21(16-22)7-9-23(10-8-21)20(24)14-17-5-6-17/h2-4,13,17H,5-12,14-16H2,1H3. The summed E-state index contributed by atoms with van der Waals surface area (Å²) in [5.41, 5.74) is 1.20. The Hall–Kier alpha value is -1.59. The average Bonchev–Trinajstić information content (AvgIpc) is 3.46. The Labute approximate surface area is 156 Å². The smallest absolute Gasteiger partial charge is 0.222 e. The first-order valence-corrected chi connectivity index (χ1v) is 9.93. The van der Waals surface area contributed by atoms with Crippen molar-refractivity contribution < 1.29 is 14.3 Å². The van der Waals surface area contributed by atoms with E-state index in [2.05, 4.69) is 21.9 Å². The van der Waals surface area contributed by atoms with Crippen LogP contribution in [0.25, 0.3) is 0 Å². The zero-order valence-electron chi connectivity index (χ0n) is 15.8. The molecule has 0 radical (unpaired) electrons. The fraction of sp³-hybridized carbons (Fsp3) is 0.667. The summed E-state index contributed by atoms with van der Waals surface area (Å²) in [7, 11) is 1.71. The molecule has 2 saturated heterocycles. The maximum absolute atomic E-state index is 12.3. The van der Waals surface area contributed by atoms with Crippen LogP contribution in [0, 0.1) is 5.92 Å². The number of ether oxygens (including phenoxy) is 2. The first kappa shape index (κ1) is 17.8. The maximum atomic E-state index is 12.3. The van der Waals surface area contributed by atoms with Crippen LogP contribution in [-0.2, 0) is 16.1 Å². The predicted molar refractivity (Wildman–Crippen MR) is 100 cm³/mol. The Morgan fingerprint density at radius 1 is 1.27 bits per heavy atom. The van der Waals surface area contributed by atoms with Crippen molar-refractivity contribution in [2.75, 3.05) is 39.9 Å². The zero-order valence-corrected chi connectivity index (χ0v) is 15.8. The number of benzene rings is 1. The molecule has 2 heterocycles. The molecule has 2 aliphatic heterocycles. The van der Waals surface area contributed by atoms with Gasteiger partial charge in [0.1, 0.15) is 5.75 Å². The number of methoxy groups -OCH3 is 1. The van der Waals surface area contributed by atoms with Gasteiger partial charge in [-0.1, -0.05) is 12.1 Å². The van der Waals surface area contributed by atoms with Gasteiger partial charge in [-0.15, -0.1) is 0 Å². The number of hydrogen-bond donors (Lipinski definition) is 0. The first-order chi connectivity index (χ1) is 12.7. The molecule has 0 N–H and O–H groups in total. The van der Waals surface area contributed by atoms with Gasteiger partial charge in [0, 0.05) is 39.1 Å². The second-order valence-corrected chi connectivity index (χ2v) is 8.12. The first-order valence-electron chi connectivity index (χ1n) is 9.93. The molecule has 1 aromatic carbocycles. The molecule has 0 unspecified atom stereocenters. The summed E-state index contributed by atoms with van der Waals surface area (Å²) in [5, 5.41) is 0. The van der Waals surface area contributed by atoms with Crippen LogP contribution in [0.3, 0.4) is 0 Å². The van der Waals surface area contributed by atoms with Gasteiger partial charge in [0.2, 0.25) is 5.91 Å². The fourth-order valence-corrected chi connectivity index (χ4v) is 4.25. The molecule has 26 heavy (non-hydrogen) atoms. The third-order valence-corrected chi connectivity index (χ3v) is 6.06.